The first-order valence-corrected chi connectivity index (χ1v) is 6.53. The van der Waals surface area contributed by atoms with Gasteiger partial charge in [0.25, 0.3) is 21.9 Å². The number of hydrogen-bond donors (Lipinski definition) is 1. The minimum absolute atomic E-state index is 0.1000. The molecule has 1 saturated heterocycles. The van der Waals surface area contributed by atoms with E-state index in [1.54, 1.807) is 0 Å². The van der Waals surface area contributed by atoms with Gasteiger partial charge in [-0.2, -0.15) is 0 Å². The first-order valence-electron chi connectivity index (χ1n) is 4.99. The van der Waals surface area contributed by atoms with Gasteiger partial charge in [-0.1, -0.05) is 0 Å². The van der Waals surface area contributed by atoms with Gasteiger partial charge in [0.05, 0.1) is 6.54 Å². The molecule has 18 heavy (non-hydrogen) atoms. The van der Waals surface area contributed by atoms with Gasteiger partial charge >= 0.3 is 0 Å². The zero-order chi connectivity index (χ0) is 13.6. The van der Waals surface area contributed by atoms with Gasteiger partial charge in [-0.15, -0.1) is 0 Å². The van der Waals surface area contributed by atoms with Gasteiger partial charge in [-0.3, -0.25) is 4.79 Å². The third-order valence-electron chi connectivity index (χ3n) is 2.53. The summed E-state index contributed by atoms with van der Waals surface area (Å²) in [7, 11) is -4.05. The Hall–Kier alpha value is -1.48. The number of sulfonamides is 1. The highest BCUT2D eigenvalue weighted by atomic mass is 32.2. The molecule has 100 valence electrons. The number of carbonyl (C=O) groups excluding carboxylic acids is 1. The van der Waals surface area contributed by atoms with Crippen LogP contribution in [0, 0.1) is 0 Å². The van der Waals surface area contributed by atoms with E-state index < -0.39 is 39.9 Å². The quantitative estimate of drug-likeness (QED) is 0.849. The van der Waals surface area contributed by atoms with Gasteiger partial charge in [0, 0.05) is 13.0 Å². The van der Waals surface area contributed by atoms with Crippen molar-refractivity contribution in [2.45, 2.75) is 17.4 Å². The van der Waals surface area contributed by atoms with Crippen molar-refractivity contribution in [1.82, 2.24) is 4.90 Å². The maximum atomic E-state index is 12.9. The maximum Gasteiger partial charge on any atom is 0.289 e. The predicted molar refractivity (Wildman–Crippen MR) is 55.5 cm³/mol. The van der Waals surface area contributed by atoms with Crippen molar-refractivity contribution in [2.24, 2.45) is 5.14 Å². The van der Waals surface area contributed by atoms with Crippen LogP contribution in [0.5, 0.6) is 0 Å². The van der Waals surface area contributed by atoms with Crippen LogP contribution >= 0.6 is 0 Å². The van der Waals surface area contributed by atoms with Gasteiger partial charge in [0.2, 0.25) is 5.09 Å². The van der Waals surface area contributed by atoms with E-state index >= 15 is 0 Å². The fourth-order valence-corrected chi connectivity index (χ4v) is 2.12. The number of carbonyl (C=O) groups is 1. The predicted octanol–water partition coefficient (Wildman–Crippen LogP) is 0.408. The number of hydrogen-bond acceptors (Lipinski definition) is 4. The van der Waals surface area contributed by atoms with Crippen LogP contribution in [-0.2, 0) is 10.0 Å². The molecule has 0 radical (unpaired) electrons. The second-order valence-corrected chi connectivity index (χ2v) is 5.49. The van der Waals surface area contributed by atoms with Crippen molar-refractivity contribution in [3.63, 3.8) is 0 Å². The lowest BCUT2D eigenvalue weighted by molar-refractivity contribution is 0.0115. The Kier molecular flexibility index (Phi) is 2.90. The first kappa shape index (κ1) is 13.0. The maximum absolute atomic E-state index is 12.9. The normalized spacial score (nSPS) is 19.2. The first-order chi connectivity index (χ1) is 8.19. The van der Waals surface area contributed by atoms with Crippen LogP contribution in [0.3, 0.4) is 0 Å². The van der Waals surface area contributed by atoms with E-state index in [2.05, 4.69) is 0 Å². The largest absolute Gasteiger partial charge is 0.438 e. The van der Waals surface area contributed by atoms with Gasteiger partial charge in [-0.25, -0.2) is 22.3 Å². The van der Waals surface area contributed by atoms with E-state index in [0.29, 0.717) is 0 Å². The number of amides is 1. The number of nitrogens with zero attached hydrogens (tertiary/aromatic N) is 1. The molecule has 1 aromatic rings. The molecule has 1 aliphatic rings. The molecule has 2 N–H and O–H groups in total. The van der Waals surface area contributed by atoms with Crippen molar-refractivity contribution < 1.29 is 26.4 Å². The standard InChI is InChI=1S/C9H10F2N2O4S/c10-9(11)3-4-13(5-9)8(14)6-1-2-7(17-6)18(12,15)16/h1-2H,3-5H2,(H2,12,15,16). The molecule has 1 fully saturated rings. The monoisotopic (exact) mass is 280 g/mol. The van der Waals surface area contributed by atoms with E-state index in [0.717, 1.165) is 17.0 Å². The van der Waals surface area contributed by atoms with Crippen LogP contribution in [0.15, 0.2) is 21.6 Å². The summed E-state index contributed by atoms with van der Waals surface area (Å²) in [6, 6.07) is 2.11. The second-order valence-electron chi connectivity index (χ2n) is 4.00. The molecule has 0 atom stereocenters. The molecule has 0 unspecified atom stereocenters. The van der Waals surface area contributed by atoms with Crippen LogP contribution in [0.4, 0.5) is 8.78 Å². The van der Waals surface area contributed by atoms with Gasteiger partial charge in [-0.05, 0) is 12.1 Å². The van der Waals surface area contributed by atoms with E-state index in [1.807, 2.05) is 0 Å². The summed E-state index contributed by atoms with van der Waals surface area (Å²) in [5, 5.41) is 4.23. The van der Waals surface area contributed by atoms with Crippen molar-refractivity contribution in [3.05, 3.63) is 17.9 Å². The molecule has 1 amide bonds. The number of alkyl halides is 2. The minimum atomic E-state index is -4.05. The summed E-state index contributed by atoms with van der Waals surface area (Å²) in [5.41, 5.74) is 0. The Bertz CT molecular complexity index is 581. The lowest BCUT2D eigenvalue weighted by atomic mass is 10.3. The zero-order valence-electron chi connectivity index (χ0n) is 9.10. The molecule has 1 aliphatic heterocycles. The van der Waals surface area contributed by atoms with Crippen LogP contribution in [0.2, 0.25) is 0 Å². The zero-order valence-corrected chi connectivity index (χ0v) is 9.91. The fraction of sp³-hybridized carbons (Fsp3) is 0.444. The van der Waals surface area contributed by atoms with Gasteiger partial charge in [0.15, 0.2) is 5.76 Å². The lowest BCUT2D eigenvalue weighted by Crippen LogP contribution is -2.31. The summed E-state index contributed by atoms with van der Waals surface area (Å²) in [5.74, 6) is -4.01. The van der Waals surface area contributed by atoms with Crippen molar-refractivity contribution in [3.8, 4) is 0 Å². The summed E-state index contributed by atoms with van der Waals surface area (Å²) in [6.45, 7) is -0.797. The highest BCUT2D eigenvalue weighted by Gasteiger charge is 2.41. The fourth-order valence-electron chi connectivity index (χ4n) is 1.65. The third kappa shape index (κ3) is 2.51. The van der Waals surface area contributed by atoms with E-state index in [4.69, 9.17) is 9.56 Å². The molecule has 1 aromatic heterocycles. The molecule has 2 heterocycles. The Morgan fingerprint density at radius 3 is 2.56 bits per heavy atom. The van der Waals surface area contributed by atoms with E-state index in [1.165, 1.54) is 0 Å². The van der Waals surface area contributed by atoms with E-state index in [-0.39, 0.29) is 12.3 Å². The number of primary sulfonamides is 1. The average molecular weight is 280 g/mol. The Morgan fingerprint density at radius 1 is 1.44 bits per heavy atom. The van der Waals surface area contributed by atoms with Crippen LogP contribution in [0.25, 0.3) is 0 Å². The summed E-state index contributed by atoms with van der Waals surface area (Å²) in [4.78, 5) is 12.6. The molecule has 0 spiro atoms. The van der Waals surface area contributed by atoms with Crippen LogP contribution in [-0.4, -0.2) is 38.2 Å². The SMILES string of the molecule is NS(=O)(=O)c1ccc(C(=O)N2CCC(F)(F)C2)o1. The number of nitrogens with two attached hydrogens (primary N) is 1. The third-order valence-corrected chi connectivity index (χ3v) is 3.31. The lowest BCUT2D eigenvalue weighted by Gasteiger charge is -2.13. The summed E-state index contributed by atoms with van der Waals surface area (Å²) >= 11 is 0. The molecule has 0 aromatic carbocycles. The van der Waals surface area contributed by atoms with Gasteiger partial charge in [0.1, 0.15) is 0 Å². The molecular weight excluding hydrogens is 270 g/mol. The number of halogens is 2. The minimum Gasteiger partial charge on any atom is -0.438 e. The smallest absolute Gasteiger partial charge is 0.289 e. The highest BCUT2D eigenvalue weighted by Crippen LogP contribution is 2.28. The topological polar surface area (TPSA) is 93.6 Å². The number of likely N-dealkylation sites (tertiary alicyclic amines) is 1. The average Bonchev–Trinajstić information content (AvgIpc) is 2.82. The highest BCUT2D eigenvalue weighted by molar-refractivity contribution is 7.89. The molecule has 2 rings (SSSR count). The summed E-state index contributed by atoms with van der Waals surface area (Å²) in [6.07, 6.45) is -0.415. The molecule has 6 nitrogen and oxygen atoms in total. The number of furan rings is 1. The second kappa shape index (κ2) is 4.02. The number of rotatable bonds is 2. The van der Waals surface area contributed by atoms with E-state index in [9.17, 15) is 22.0 Å². The Labute approximate surface area is 101 Å². The van der Waals surface area contributed by atoms with Crippen molar-refractivity contribution in [2.75, 3.05) is 13.1 Å². The van der Waals surface area contributed by atoms with Crippen molar-refractivity contribution in [1.29, 1.82) is 0 Å². The Balaban J connectivity index is 2.18. The molecule has 0 aliphatic carbocycles. The van der Waals surface area contributed by atoms with Crippen LogP contribution in [0.1, 0.15) is 17.0 Å². The molecule has 9 heteroatoms. The van der Waals surface area contributed by atoms with Crippen LogP contribution < -0.4 is 5.14 Å². The van der Waals surface area contributed by atoms with Crippen molar-refractivity contribution >= 4 is 15.9 Å². The molecule has 0 saturated carbocycles. The summed E-state index contributed by atoms with van der Waals surface area (Å²) < 4.78 is 52.5. The molecule has 0 bridgehead atoms. The Morgan fingerprint density at radius 2 is 2.11 bits per heavy atom. The van der Waals surface area contributed by atoms with Gasteiger partial charge < -0.3 is 9.32 Å². The molecular formula is C9H10F2N2O4S.